The standard InChI is InChI=1S/C6H13NO/c1-5-4-6(8)2-3-7-5/h5-8H,2-4H2,1H3/t5-,6?/m0/s1. The molecular formula is C6H13NO. The van der Waals surface area contributed by atoms with Gasteiger partial charge in [0.05, 0.1) is 6.10 Å². The maximum atomic E-state index is 9.04. The number of hydrogen-bond acceptors (Lipinski definition) is 2. The smallest absolute Gasteiger partial charge is 0.0567 e. The van der Waals surface area contributed by atoms with Gasteiger partial charge in [-0.2, -0.15) is 0 Å². The Balaban J connectivity index is 2.23. The maximum Gasteiger partial charge on any atom is 0.0567 e. The first kappa shape index (κ1) is 6.05. The average molecular weight is 115 g/mol. The van der Waals surface area contributed by atoms with Crippen molar-refractivity contribution in [1.82, 2.24) is 5.32 Å². The van der Waals surface area contributed by atoms with Crippen LogP contribution in [0.3, 0.4) is 0 Å². The molecule has 1 rings (SSSR count). The van der Waals surface area contributed by atoms with Crippen molar-refractivity contribution >= 4 is 0 Å². The van der Waals surface area contributed by atoms with Crippen LogP contribution in [0.15, 0.2) is 0 Å². The van der Waals surface area contributed by atoms with Crippen molar-refractivity contribution in [3.8, 4) is 0 Å². The predicted octanol–water partition coefficient (Wildman–Crippen LogP) is 0.119. The van der Waals surface area contributed by atoms with Crippen LogP contribution < -0.4 is 5.32 Å². The van der Waals surface area contributed by atoms with Crippen LogP contribution >= 0.6 is 0 Å². The second-order valence-corrected chi connectivity index (χ2v) is 2.53. The van der Waals surface area contributed by atoms with E-state index in [4.69, 9.17) is 5.11 Å². The minimum Gasteiger partial charge on any atom is -0.393 e. The van der Waals surface area contributed by atoms with E-state index in [-0.39, 0.29) is 6.10 Å². The van der Waals surface area contributed by atoms with Crippen molar-refractivity contribution in [3.05, 3.63) is 0 Å². The van der Waals surface area contributed by atoms with Gasteiger partial charge in [0.2, 0.25) is 0 Å². The lowest BCUT2D eigenvalue weighted by atomic mass is 10.0. The van der Waals surface area contributed by atoms with Gasteiger partial charge >= 0.3 is 0 Å². The van der Waals surface area contributed by atoms with Gasteiger partial charge < -0.3 is 10.4 Å². The maximum absolute atomic E-state index is 9.04. The third-order valence-electron chi connectivity index (χ3n) is 1.60. The van der Waals surface area contributed by atoms with E-state index < -0.39 is 0 Å². The summed E-state index contributed by atoms with van der Waals surface area (Å²) in [5, 5.41) is 12.3. The molecule has 1 aliphatic rings. The molecule has 0 aliphatic carbocycles. The topological polar surface area (TPSA) is 32.3 Å². The van der Waals surface area contributed by atoms with Crippen molar-refractivity contribution in [2.45, 2.75) is 31.9 Å². The minimum atomic E-state index is -0.0498. The van der Waals surface area contributed by atoms with Gasteiger partial charge in [0.1, 0.15) is 0 Å². The van der Waals surface area contributed by atoms with E-state index in [2.05, 4.69) is 12.2 Å². The zero-order chi connectivity index (χ0) is 5.98. The molecule has 1 saturated heterocycles. The summed E-state index contributed by atoms with van der Waals surface area (Å²) >= 11 is 0. The van der Waals surface area contributed by atoms with Crippen LogP contribution in [0.25, 0.3) is 0 Å². The van der Waals surface area contributed by atoms with Gasteiger partial charge in [-0.25, -0.2) is 0 Å². The lowest BCUT2D eigenvalue weighted by Gasteiger charge is -2.23. The fourth-order valence-corrected chi connectivity index (χ4v) is 1.11. The van der Waals surface area contributed by atoms with Gasteiger partial charge in [-0.15, -0.1) is 0 Å². The van der Waals surface area contributed by atoms with E-state index in [0.29, 0.717) is 6.04 Å². The first-order valence-corrected chi connectivity index (χ1v) is 3.20. The Kier molecular flexibility index (Phi) is 1.86. The summed E-state index contributed by atoms with van der Waals surface area (Å²) in [5.41, 5.74) is 0. The number of aliphatic hydroxyl groups excluding tert-OH is 1. The molecule has 1 heterocycles. The molecule has 0 saturated carbocycles. The Labute approximate surface area is 49.9 Å². The Bertz CT molecular complexity index is 66.9. The summed E-state index contributed by atoms with van der Waals surface area (Å²) in [5.74, 6) is 0. The van der Waals surface area contributed by atoms with Gasteiger partial charge in [0, 0.05) is 6.04 Å². The fraction of sp³-hybridized carbons (Fsp3) is 1.00. The van der Waals surface area contributed by atoms with Gasteiger partial charge in [-0.05, 0) is 26.3 Å². The number of nitrogens with one attached hydrogen (secondary N) is 1. The summed E-state index contributed by atoms with van der Waals surface area (Å²) < 4.78 is 0. The highest BCUT2D eigenvalue weighted by Crippen LogP contribution is 2.06. The van der Waals surface area contributed by atoms with Gasteiger partial charge in [-0.3, -0.25) is 0 Å². The largest absolute Gasteiger partial charge is 0.393 e. The molecule has 2 N–H and O–H groups in total. The van der Waals surface area contributed by atoms with Crippen LogP contribution in [0.4, 0.5) is 0 Å². The first-order valence-electron chi connectivity index (χ1n) is 3.20. The van der Waals surface area contributed by atoms with Crippen molar-refractivity contribution in [1.29, 1.82) is 0 Å². The summed E-state index contributed by atoms with van der Waals surface area (Å²) in [7, 11) is 0. The Morgan fingerprint density at radius 2 is 2.38 bits per heavy atom. The monoisotopic (exact) mass is 115 g/mol. The van der Waals surface area contributed by atoms with Gasteiger partial charge in [0.25, 0.3) is 0 Å². The molecular weight excluding hydrogens is 102 g/mol. The molecule has 0 bridgehead atoms. The van der Waals surface area contributed by atoms with E-state index in [9.17, 15) is 0 Å². The summed E-state index contributed by atoms with van der Waals surface area (Å²) in [4.78, 5) is 0. The Morgan fingerprint density at radius 1 is 1.62 bits per heavy atom. The molecule has 0 aromatic carbocycles. The number of aliphatic hydroxyl groups is 1. The predicted molar refractivity (Wildman–Crippen MR) is 32.7 cm³/mol. The van der Waals surface area contributed by atoms with E-state index in [1.807, 2.05) is 0 Å². The molecule has 0 radical (unpaired) electrons. The second kappa shape index (κ2) is 2.46. The third kappa shape index (κ3) is 1.46. The fourth-order valence-electron chi connectivity index (χ4n) is 1.11. The quantitative estimate of drug-likeness (QED) is 0.470. The summed E-state index contributed by atoms with van der Waals surface area (Å²) in [6, 6.07) is 0.513. The average Bonchev–Trinajstić information content (AvgIpc) is 1.64. The van der Waals surface area contributed by atoms with Crippen molar-refractivity contribution in [2.75, 3.05) is 6.54 Å². The van der Waals surface area contributed by atoms with E-state index in [1.165, 1.54) is 0 Å². The first-order chi connectivity index (χ1) is 3.79. The van der Waals surface area contributed by atoms with Crippen LogP contribution in [-0.2, 0) is 0 Å². The zero-order valence-corrected chi connectivity index (χ0v) is 5.22. The molecule has 1 unspecified atom stereocenters. The highest BCUT2D eigenvalue weighted by molar-refractivity contribution is 4.73. The molecule has 48 valence electrons. The molecule has 2 atom stereocenters. The van der Waals surface area contributed by atoms with Crippen molar-refractivity contribution in [3.63, 3.8) is 0 Å². The summed E-state index contributed by atoms with van der Waals surface area (Å²) in [6.45, 7) is 3.07. The number of piperidine rings is 1. The zero-order valence-electron chi connectivity index (χ0n) is 5.22. The van der Waals surface area contributed by atoms with Crippen LogP contribution in [-0.4, -0.2) is 23.8 Å². The number of hydrogen-bond donors (Lipinski definition) is 2. The highest BCUT2D eigenvalue weighted by Gasteiger charge is 2.14. The highest BCUT2D eigenvalue weighted by atomic mass is 16.3. The Hall–Kier alpha value is -0.0800. The van der Waals surface area contributed by atoms with E-state index >= 15 is 0 Å². The van der Waals surface area contributed by atoms with Crippen molar-refractivity contribution in [2.24, 2.45) is 0 Å². The molecule has 1 aliphatic heterocycles. The van der Waals surface area contributed by atoms with Crippen LogP contribution in [0.5, 0.6) is 0 Å². The molecule has 2 heteroatoms. The normalized spacial score (nSPS) is 39.8. The van der Waals surface area contributed by atoms with Crippen LogP contribution in [0.1, 0.15) is 19.8 Å². The summed E-state index contributed by atoms with van der Waals surface area (Å²) in [6.07, 6.45) is 1.79. The van der Waals surface area contributed by atoms with Crippen LogP contribution in [0.2, 0.25) is 0 Å². The molecule has 0 amide bonds. The van der Waals surface area contributed by atoms with Crippen LogP contribution in [0, 0.1) is 0 Å². The molecule has 1 fully saturated rings. The van der Waals surface area contributed by atoms with E-state index in [0.717, 1.165) is 19.4 Å². The lowest BCUT2D eigenvalue weighted by Crippen LogP contribution is -2.37. The van der Waals surface area contributed by atoms with Gasteiger partial charge in [-0.1, -0.05) is 0 Å². The molecule has 8 heavy (non-hydrogen) atoms. The third-order valence-corrected chi connectivity index (χ3v) is 1.60. The minimum absolute atomic E-state index is 0.0498. The van der Waals surface area contributed by atoms with E-state index in [1.54, 1.807) is 0 Å². The number of rotatable bonds is 0. The SMILES string of the molecule is C[C@H]1CC(O)CCN1. The lowest BCUT2D eigenvalue weighted by molar-refractivity contribution is 0.120. The second-order valence-electron chi connectivity index (χ2n) is 2.53. The van der Waals surface area contributed by atoms with Gasteiger partial charge in [0.15, 0.2) is 0 Å². The molecule has 0 aromatic heterocycles. The Morgan fingerprint density at radius 3 is 2.75 bits per heavy atom. The molecule has 0 spiro atoms. The molecule has 0 aromatic rings. The molecule has 2 nitrogen and oxygen atoms in total. The van der Waals surface area contributed by atoms with Crippen molar-refractivity contribution < 1.29 is 5.11 Å².